The molecule has 0 radical (unpaired) electrons. The van der Waals surface area contributed by atoms with Crippen molar-refractivity contribution in [2.45, 2.75) is 32.8 Å². The summed E-state index contributed by atoms with van der Waals surface area (Å²) in [6, 6.07) is 0. The van der Waals surface area contributed by atoms with E-state index in [-0.39, 0.29) is 18.7 Å². The van der Waals surface area contributed by atoms with Gasteiger partial charge in [0.25, 0.3) is 0 Å². The molecule has 0 bridgehead atoms. The number of hydrogen-bond acceptors (Lipinski definition) is 4. The summed E-state index contributed by atoms with van der Waals surface area (Å²) >= 11 is 0. The second-order valence-corrected chi connectivity index (χ2v) is 4.23. The van der Waals surface area contributed by atoms with E-state index < -0.39 is 0 Å². The Morgan fingerprint density at radius 2 is 2.33 bits per heavy atom. The third-order valence-electron chi connectivity index (χ3n) is 2.13. The van der Waals surface area contributed by atoms with Crippen molar-refractivity contribution in [2.24, 2.45) is 5.92 Å². The zero-order valence-electron chi connectivity index (χ0n) is 9.53. The van der Waals surface area contributed by atoms with Crippen LogP contribution in [-0.4, -0.2) is 38.5 Å². The van der Waals surface area contributed by atoms with Crippen LogP contribution in [0.25, 0.3) is 0 Å². The molecular formula is C11H20O4. The lowest BCUT2D eigenvalue weighted by Crippen LogP contribution is -2.20. The molecule has 0 aliphatic carbocycles. The minimum atomic E-state index is -0.290. The summed E-state index contributed by atoms with van der Waals surface area (Å²) in [6.45, 7) is 5.80. The van der Waals surface area contributed by atoms with Gasteiger partial charge >= 0.3 is 5.97 Å². The molecule has 15 heavy (non-hydrogen) atoms. The Hall–Kier alpha value is -0.610. The molecule has 0 aromatic heterocycles. The zero-order chi connectivity index (χ0) is 11.1. The van der Waals surface area contributed by atoms with Gasteiger partial charge in [0, 0.05) is 6.61 Å². The quantitative estimate of drug-likeness (QED) is 0.629. The van der Waals surface area contributed by atoms with Crippen LogP contribution in [0.1, 0.15) is 26.7 Å². The van der Waals surface area contributed by atoms with Gasteiger partial charge in [-0.3, -0.25) is 0 Å². The topological polar surface area (TPSA) is 44.8 Å². The highest BCUT2D eigenvalue weighted by molar-refractivity contribution is 5.70. The first-order valence-corrected chi connectivity index (χ1v) is 5.53. The molecule has 1 saturated heterocycles. The number of esters is 1. The molecule has 0 spiro atoms. The van der Waals surface area contributed by atoms with Crippen molar-refractivity contribution in [1.29, 1.82) is 0 Å². The van der Waals surface area contributed by atoms with E-state index in [4.69, 9.17) is 14.2 Å². The maximum absolute atomic E-state index is 11.1. The summed E-state index contributed by atoms with van der Waals surface area (Å²) in [5.41, 5.74) is 0. The molecule has 1 aliphatic rings. The Kier molecular flexibility index (Phi) is 5.65. The van der Waals surface area contributed by atoms with E-state index in [1.807, 2.05) is 13.8 Å². The molecule has 1 atom stereocenters. The van der Waals surface area contributed by atoms with Crippen molar-refractivity contribution in [3.05, 3.63) is 0 Å². The van der Waals surface area contributed by atoms with Crippen LogP contribution in [-0.2, 0) is 19.0 Å². The predicted octanol–water partition coefficient (Wildman–Crippen LogP) is 1.38. The summed E-state index contributed by atoms with van der Waals surface area (Å²) in [4.78, 5) is 11.1. The van der Waals surface area contributed by atoms with Gasteiger partial charge in [-0.2, -0.15) is 0 Å². The number of hydrogen-bond donors (Lipinski definition) is 0. The van der Waals surface area contributed by atoms with Crippen LogP contribution in [0.5, 0.6) is 0 Å². The van der Waals surface area contributed by atoms with E-state index >= 15 is 0 Å². The highest BCUT2D eigenvalue weighted by atomic mass is 16.6. The van der Waals surface area contributed by atoms with Crippen molar-refractivity contribution in [1.82, 2.24) is 0 Å². The second-order valence-electron chi connectivity index (χ2n) is 4.23. The minimum Gasteiger partial charge on any atom is -0.464 e. The fourth-order valence-electron chi connectivity index (χ4n) is 1.35. The van der Waals surface area contributed by atoms with Crippen LogP contribution in [0.2, 0.25) is 0 Å². The lowest BCUT2D eigenvalue weighted by molar-refractivity contribution is -0.151. The van der Waals surface area contributed by atoms with E-state index in [9.17, 15) is 4.79 Å². The third-order valence-corrected chi connectivity index (χ3v) is 2.13. The fourth-order valence-corrected chi connectivity index (χ4v) is 1.35. The van der Waals surface area contributed by atoms with E-state index in [0.29, 0.717) is 19.1 Å². The summed E-state index contributed by atoms with van der Waals surface area (Å²) in [7, 11) is 0. The summed E-state index contributed by atoms with van der Waals surface area (Å²) in [5, 5.41) is 0. The van der Waals surface area contributed by atoms with Gasteiger partial charge in [-0.15, -0.1) is 0 Å². The number of ether oxygens (including phenoxy) is 3. The van der Waals surface area contributed by atoms with Crippen LogP contribution >= 0.6 is 0 Å². The molecule has 0 aromatic carbocycles. The lowest BCUT2D eigenvalue weighted by Gasteiger charge is -2.10. The van der Waals surface area contributed by atoms with Gasteiger partial charge in [-0.1, -0.05) is 13.8 Å². The van der Waals surface area contributed by atoms with Crippen molar-refractivity contribution >= 4 is 5.97 Å². The van der Waals surface area contributed by atoms with Crippen molar-refractivity contribution < 1.29 is 19.0 Å². The van der Waals surface area contributed by atoms with Crippen LogP contribution < -0.4 is 0 Å². The molecule has 0 unspecified atom stereocenters. The molecule has 1 fully saturated rings. The van der Waals surface area contributed by atoms with Gasteiger partial charge in [0.1, 0.15) is 6.61 Å². The van der Waals surface area contributed by atoms with E-state index in [1.165, 1.54) is 0 Å². The lowest BCUT2D eigenvalue weighted by atomic mass is 10.2. The first-order chi connectivity index (χ1) is 7.18. The average Bonchev–Trinajstić information content (AvgIpc) is 2.67. The van der Waals surface area contributed by atoms with Gasteiger partial charge in [-0.05, 0) is 18.8 Å². The molecular weight excluding hydrogens is 196 g/mol. The number of carbonyl (C=O) groups excluding carboxylic acids is 1. The first-order valence-electron chi connectivity index (χ1n) is 5.53. The predicted molar refractivity (Wildman–Crippen MR) is 55.6 cm³/mol. The average molecular weight is 216 g/mol. The van der Waals surface area contributed by atoms with Crippen molar-refractivity contribution in [3.8, 4) is 0 Å². The molecule has 4 nitrogen and oxygen atoms in total. The maximum atomic E-state index is 11.1. The normalized spacial score (nSPS) is 20.9. The SMILES string of the molecule is CC(C)COC(=O)COC[C@@H]1CCCO1. The summed E-state index contributed by atoms with van der Waals surface area (Å²) in [6.07, 6.45) is 2.29. The van der Waals surface area contributed by atoms with E-state index in [1.54, 1.807) is 0 Å². The Labute approximate surface area is 90.9 Å². The van der Waals surface area contributed by atoms with Crippen LogP contribution in [0.3, 0.4) is 0 Å². The molecule has 88 valence electrons. The maximum Gasteiger partial charge on any atom is 0.332 e. The molecule has 0 N–H and O–H groups in total. The van der Waals surface area contributed by atoms with Crippen molar-refractivity contribution in [2.75, 3.05) is 26.4 Å². The van der Waals surface area contributed by atoms with Crippen molar-refractivity contribution in [3.63, 3.8) is 0 Å². The monoisotopic (exact) mass is 216 g/mol. The second kappa shape index (κ2) is 6.80. The van der Waals surface area contributed by atoms with Crippen LogP contribution in [0.15, 0.2) is 0 Å². The van der Waals surface area contributed by atoms with Gasteiger partial charge in [0.05, 0.1) is 19.3 Å². The van der Waals surface area contributed by atoms with Crippen LogP contribution in [0.4, 0.5) is 0 Å². The molecule has 1 aliphatic heterocycles. The smallest absolute Gasteiger partial charge is 0.332 e. The molecule has 0 amide bonds. The standard InChI is InChI=1S/C11H20O4/c1-9(2)6-15-11(12)8-13-7-10-4-3-5-14-10/h9-10H,3-8H2,1-2H3/t10-/m0/s1. The largest absolute Gasteiger partial charge is 0.464 e. The van der Waals surface area contributed by atoms with E-state index in [0.717, 1.165) is 19.4 Å². The molecule has 1 heterocycles. The zero-order valence-corrected chi connectivity index (χ0v) is 9.53. The van der Waals surface area contributed by atoms with Gasteiger partial charge in [0.15, 0.2) is 0 Å². The Bertz CT molecular complexity index is 185. The number of rotatable bonds is 6. The third kappa shape index (κ3) is 5.74. The van der Waals surface area contributed by atoms with Gasteiger partial charge < -0.3 is 14.2 Å². The first kappa shape index (κ1) is 12.5. The Morgan fingerprint density at radius 1 is 1.53 bits per heavy atom. The van der Waals surface area contributed by atoms with Gasteiger partial charge in [-0.25, -0.2) is 4.79 Å². The highest BCUT2D eigenvalue weighted by Gasteiger charge is 2.16. The Morgan fingerprint density at radius 3 is 2.93 bits per heavy atom. The summed E-state index contributed by atoms with van der Waals surface area (Å²) in [5.74, 6) is 0.0776. The van der Waals surface area contributed by atoms with E-state index in [2.05, 4.69) is 0 Å². The molecule has 1 rings (SSSR count). The highest BCUT2D eigenvalue weighted by Crippen LogP contribution is 2.11. The summed E-state index contributed by atoms with van der Waals surface area (Å²) < 4.78 is 15.5. The minimum absolute atomic E-state index is 0.0343. The molecule has 0 aromatic rings. The molecule has 0 saturated carbocycles. The number of carbonyl (C=O) groups is 1. The molecule has 4 heteroatoms. The van der Waals surface area contributed by atoms with Crippen LogP contribution in [0, 0.1) is 5.92 Å². The fraction of sp³-hybridized carbons (Fsp3) is 0.909. The Balaban J connectivity index is 1.96. The van der Waals surface area contributed by atoms with Gasteiger partial charge in [0.2, 0.25) is 0 Å².